The number of rotatable bonds is 4. The van der Waals surface area contributed by atoms with Gasteiger partial charge in [-0.2, -0.15) is 0 Å². The first-order valence-electron chi connectivity index (χ1n) is 3.49. The molecule has 0 saturated heterocycles. The van der Waals surface area contributed by atoms with Crippen molar-refractivity contribution in [3.8, 4) is 0 Å². The summed E-state index contributed by atoms with van der Waals surface area (Å²) >= 11 is 0. The van der Waals surface area contributed by atoms with Crippen LogP contribution in [0.25, 0.3) is 0 Å². The first-order chi connectivity index (χ1) is 5.88. The van der Waals surface area contributed by atoms with Gasteiger partial charge in [-0.15, -0.1) is 0 Å². The van der Waals surface area contributed by atoms with Gasteiger partial charge in [0.05, 0.1) is 0 Å². The van der Waals surface area contributed by atoms with Gasteiger partial charge in [0.1, 0.15) is 0 Å². The molecule has 0 spiro atoms. The second-order valence-electron chi connectivity index (χ2n) is 2.18. The highest BCUT2D eigenvalue weighted by Crippen LogP contribution is 2.15. The van der Waals surface area contributed by atoms with Gasteiger partial charge >= 0.3 is 6.47 Å². The van der Waals surface area contributed by atoms with Crippen molar-refractivity contribution in [2.24, 2.45) is 0 Å². The Hall–Kier alpha value is -1.35. The maximum Gasteiger partial charge on any atom is 0.420 e. The topological polar surface area (TPSA) is 35.5 Å². The minimum Gasteiger partial charge on any atom is -0.423 e. The third kappa shape index (κ3) is 2.07. The van der Waals surface area contributed by atoms with Crippen molar-refractivity contribution < 1.29 is 14.3 Å². The van der Waals surface area contributed by atoms with Crippen LogP contribution in [0.4, 0.5) is 0 Å². The largest absolute Gasteiger partial charge is 0.423 e. The molecule has 0 unspecified atom stereocenters. The molecule has 1 rings (SSSR count). The highest BCUT2D eigenvalue weighted by Gasteiger charge is 2.09. The molecule has 3 nitrogen and oxygen atoms in total. The van der Waals surface area contributed by atoms with E-state index in [2.05, 4.69) is 4.74 Å². The van der Waals surface area contributed by atoms with Crippen LogP contribution in [0.5, 0.6) is 0 Å². The zero-order valence-electron chi connectivity index (χ0n) is 6.69. The molecule has 0 N–H and O–H groups in total. The highest BCUT2D eigenvalue weighted by atomic mass is 16.7. The fraction of sp³-hybridized carbons (Fsp3) is 0.222. The van der Waals surface area contributed by atoms with Crippen LogP contribution in [-0.4, -0.2) is 13.6 Å². The van der Waals surface area contributed by atoms with Crippen LogP contribution < -0.4 is 0 Å². The molecule has 1 atom stereocenters. The number of benzene rings is 1. The fourth-order valence-corrected chi connectivity index (χ4v) is 0.906. The van der Waals surface area contributed by atoms with Crippen molar-refractivity contribution in [1.82, 2.24) is 0 Å². The summed E-state index contributed by atoms with van der Waals surface area (Å²) < 4.78 is 9.44. The van der Waals surface area contributed by atoms with E-state index in [1.807, 2.05) is 30.3 Å². The zero-order valence-corrected chi connectivity index (χ0v) is 6.69. The lowest BCUT2D eigenvalue weighted by atomic mass is 10.2. The summed E-state index contributed by atoms with van der Waals surface area (Å²) in [5, 5.41) is 0. The summed E-state index contributed by atoms with van der Waals surface area (Å²) in [6.45, 7) is 1.34. The Balaban J connectivity index is 2.72. The van der Waals surface area contributed by atoms with E-state index in [-0.39, 0.29) is 0 Å². The zero-order chi connectivity index (χ0) is 8.81. The predicted octanol–water partition coefficient (Wildman–Crippen LogP) is 1.42. The van der Waals surface area contributed by atoms with E-state index in [9.17, 15) is 4.79 Å². The van der Waals surface area contributed by atoms with Gasteiger partial charge in [-0.05, 0) is 0 Å². The van der Waals surface area contributed by atoms with Gasteiger partial charge in [-0.1, -0.05) is 30.3 Å². The van der Waals surface area contributed by atoms with E-state index < -0.39 is 6.29 Å². The number of hydrogen-bond acceptors (Lipinski definition) is 3. The van der Waals surface area contributed by atoms with Crippen LogP contribution in [0.1, 0.15) is 11.9 Å². The van der Waals surface area contributed by atoms with Crippen molar-refractivity contribution in [3.63, 3.8) is 0 Å². The van der Waals surface area contributed by atoms with Gasteiger partial charge in [-0.25, -0.2) is 4.79 Å². The Morgan fingerprint density at radius 2 is 2.00 bits per heavy atom. The van der Waals surface area contributed by atoms with Gasteiger partial charge in [-0.3, -0.25) is 0 Å². The lowest BCUT2D eigenvalue weighted by Gasteiger charge is -2.11. The second-order valence-corrected chi connectivity index (χ2v) is 2.18. The Morgan fingerprint density at radius 1 is 1.33 bits per heavy atom. The Kier molecular flexibility index (Phi) is 3.29. The molecule has 3 heteroatoms. The first kappa shape index (κ1) is 8.74. The SMILES string of the molecule is CO[C@H](O[C]=O)c1ccccc1. The number of methoxy groups -OCH3 is 1. The van der Waals surface area contributed by atoms with E-state index in [4.69, 9.17) is 4.74 Å². The maximum absolute atomic E-state index is 9.92. The molecule has 1 radical (unpaired) electrons. The Morgan fingerprint density at radius 3 is 2.50 bits per heavy atom. The third-order valence-corrected chi connectivity index (χ3v) is 1.44. The smallest absolute Gasteiger partial charge is 0.420 e. The molecule has 63 valence electrons. The standard InChI is InChI=1S/C9H9O3/c1-11-9(12-7-10)8-5-3-2-4-6-8/h2-6,9H,1H3/t9-/m1/s1. The molecule has 0 aliphatic rings. The Labute approximate surface area is 70.9 Å². The average molecular weight is 165 g/mol. The van der Waals surface area contributed by atoms with Crippen molar-refractivity contribution in [2.45, 2.75) is 6.29 Å². The van der Waals surface area contributed by atoms with Crippen LogP contribution in [0.3, 0.4) is 0 Å². The third-order valence-electron chi connectivity index (χ3n) is 1.44. The highest BCUT2D eigenvalue weighted by molar-refractivity contribution is 5.39. The molecule has 0 heterocycles. The first-order valence-corrected chi connectivity index (χ1v) is 3.49. The summed E-state index contributed by atoms with van der Waals surface area (Å²) in [7, 11) is 1.47. The second kappa shape index (κ2) is 4.51. The van der Waals surface area contributed by atoms with E-state index in [0.29, 0.717) is 0 Å². The summed E-state index contributed by atoms with van der Waals surface area (Å²) in [5.41, 5.74) is 0.795. The Bertz CT molecular complexity index is 233. The molecule has 0 saturated carbocycles. The van der Waals surface area contributed by atoms with Crippen LogP contribution >= 0.6 is 0 Å². The van der Waals surface area contributed by atoms with Crippen LogP contribution in [0.2, 0.25) is 0 Å². The molecule has 1 aromatic rings. The minimum atomic E-state index is -0.649. The fourth-order valence-electron chi connectivity index (χ4n) is 0.906. The van der Waals surface area contributed by atoms with E-state index in [1.54, 1.807) is 0 Å². The van der Waals surface area contributed by atoms with Gasteiger partial charge in [0.25, 0.3) is 0 Å². The van der Waals surface area contributed by atoms with Crippen LogP contribution in [0, 0.1) is 0 Å². The molecule has 0 aliphatic heterocycles. The summed E-state index contributed by atoms with van der Waals surface area (Å²) in [6.07, 6.45) is -0.649. The lowest BCUT2D eigenvalue weighted by Crippen LogP contribution is -2.04. The molecule has 12 heavy (non-hydrogen) atoms. The normalized spacial score (nSPS) is 12.1. The summed E-state index contributed by atoms with van der Waals surface area (Å²) in [5.74, 6) is 0. The van der Waals surface area contributed by atoms with E-state index >= 15 is 0 Å². The van der Waals surface area contributed by atoms with Crippen molar-refractivity contribution in [2.75, 3.05) is 7.11 Å². The quantitative estimate of drug-likeness (QED) is 0.633. The maximum atomic E-state index is 9.92. The molecule has 0 bridgehead atoms. The van der Waals surface area contributed by atoms with Gasteiger partial charge in [0.15, 0.2) is 0 Å². The van der Waals surface area contributed by atoms with Crippen LogP contribution in [-0.2, 0) is 14.3 Å². The van der Waals surface area contributed by atoms with E-state index in [0.717, 1.165) is 5.56 Å². The summed E-state index contributed by atoms with van der Waals surface area (Å²) in [6, 6.07) is 9.18. The predicted molar refractivity (Wildman–Crippen MR) is 43.0 cm³/mol. The van der Waals surface area contributed by atoms with Gasteiger partial charge < -0.3 is 9.47 Å². The van der Waals surface area contributed by atoms with Crippen molar-refractivity contribution in [1.29, 1.82) is 0 Å². The lowest BCUT2D eigenvalue weighted by molar-refractivity contribution is -0.0666. The molecular weight excluding hydrogens is 156 g/mol. The number of ether oxygens (including phenoxy) is 2. The molecule has 0 amide bonds. The minimum absolute atomic E-state index is 0.649. The van der Waals surface area contributed by atoms with Crippen LogP contribution in [0.15, 0.2) is 30.3 Å². The van der Waals surface area contributed by atoms with Gasteiger partial charge in [0, 0.05) is 12.7 Å². The number of carbonyl (C=O) groups excluding carboxylic acids is 1. The number of hydrogen-bond donors (Lipinski definition) is 0. The molecular formula is C9H9O3. The van der Waals surface area contributed by atoms with Crippen molar-refractivity contribution >= 4 is 6.47 Å². The molecule has 0 aliphatic carbocycles. The molecule has 0 fully saturated rings. The molecule has 1 aromatic carbocycles. The van der Waals surface area contributed by atoms with E-state index in [1.165, 1.54) is 13.6 Å². The average Bonchev–Trinajstić information content (AvgIpc) is 2.15. The molecule has 0 aromatic heterocycles. The van der Waals surface area contributed by atoms with Crippen molar-refractivity contribution in [3.05, 3.63) is 35.9 Å². The monoisotopic (exact) mass is 165 g/mol. The summed E-state index contributed by atoms with van der Waals surface area (Å²) in [4.78, 5) is 9.92. The van der Waals surface area contributed by atoms with Gasteiger partial charge in [0.2, 0.25) is 6.29 Å².